The summed E-state index contributed by atoms with van der Waals surface area (Å²) in [6.07, 6.45) is 0. The van der Waals surface area contributed by atoms with Crippen LogP contribution < -0.4 is 10.5 Å². The van der Waals surface area contributed by atoms with Gasteiger partial charge in [-0.3, -0.25) is 10.1 Å². The van der Waals surface area contributed by atoms with Gasteiger partial charge in [-0.2, -0.15) is 0 Å². The van der Waals surface area contributed by atoms with Crippen molar-refractivity contribution in [3.05, 3.63) is 56.5 Å². The number of aryl methyl sites for hydroxylation is 1. The highest BCUT2D eigenvalue weighted by Crippen LogP contribution is 2.31. The zero-order valence-electron chi connectivity index (χ0n) is 10.1. The third-order valence-corrected chi connectivity index (χ3v) is 3.05. The molecule has 0 aliphatic rings. The quantitative estimate of drug-likeness (QED) is 0.525. The summed E-state index contributed by atoms with van der Waals surface area (Å²) in [6, 6.07) is 9.90. The molecule has 0 aliphatic carbocycles. The molecule has 0 saturated carbocycles. The molecule has 0 aliphatic heterocycles. The number of halogens is 1. The number of ether oxygens (including phenoxy) is 1. The summed E-state index contributed by atoms with van der Waals surface area (Å²) in [5.41, 5.74) is 6.51. The van der Waals surface area contributed by atoms with Crippen molar-refractivity contribution < 1.29 is 9.66 Å². The largest absolute Gasteiger partial charge is 0.457 e. The van der Waals surface area contributed by atoms with Crippen LogP contribution in [0.5, 0.6) is 11.5 Å². The molecule has 0 fully saturated rings. The predicted molar refractivity (Wildman–Crippen MR) is 76.5 cm³/mol. The lowest BCUT2D eigenvalue weighted by molar-refractivity contribution is -0.383. The fourth-order valence-electron chi connectivity index (χ4n) is 1.62. The number of nitrogens with zero attached hydrogens (tertiary/aromatic N) is 1. The van der Waals surface area contributed by atoms with Crippen LogP contribution in [0.15, 0.2) is 40.9 Å². The second-order valence-corrected chi connectivity index (χ2v) is 4.91. The van der Waals surface area contributed by atoms with Crippen LogP contribution in [-0.4, -0.2) is 4.92 Å². The zero-order valence-corrected chi connectivity index (χ0v) is 11.7. The van der Waals surface area contributed by atoms with Gasteiger partial charge < -0.3 is 10.5 Å². The minimum atomic E-state index is -0.524. The first kappa shape index (κ1) is 13.4. The van der Waals surface area contributed by atoms with Gasteiger partial charge in [0.25, 0.3) is 5.69 Å². The molecule has 0 heterocycles. The van der Waals surface area contributed by atoms with Crippen LogP contribution in [0.3, 0.4) is 0 Å². The van der Waals surface area contributed by atoms with Crippen LogP contribution >= 0.6 is 15.9 Å². The lowest BCUT2D eigenvalue weighted by Gasteiger charge is -2.09. The molecule has 0 bridgehead atoms. The molecular weight excluding hydrogens is 312 g/mol. The van der Waals surface area contributed by atoms with Gasteiger partial charge in [0.05, 0.1) is 4.92 Å². The van der Waals surface area contributed by atoms with E-state index in [-0.39, 0.29) is 11.4 Å². The molecule has 6 heteroatoms. The van der Waals surface area contributed by atoms with Crippen molar-refractivity contribution in [2.75, 3.05) is 5.73 Å². The van der Waals surface area contributed by atoms with E-state index in [2.05, 4.69) is 15.9 Å². The molecule has 0 unspecified atom stereocenters. The Morgan fingerprint density at radius 2 is 2.00 bits per heavy atom. The summed E-state index contributed by atoms with van der Waals surface area (Å²) in [6.45, 7) is 1.91. The van der Waals surface area contributed by atoms with Gasteiger partial charge in [0.1, 0.15) is 17.2 Å². The van der Waals surface area contributed by atoms with Crippen molar-refractivity contribution in [3.8, 4) is 11.5 Å². The minimum absolute atomic E-state index is 0.0808. The first-order chi connectivity index (χ1) is 8.97. The molecule has 0 saturated heterocycles. The maximum Gasteiger partial charge on any atom is 0.292 e. The molecule has 0 radical (unpaired) electrons. The fourth-order valence-corrected chi connectivity index (χ4v) is 2.09. The van der Waals surface area contributed by atoms with E-state index in [1.165, 1.54) is 18.2 Å². The highest BCUT2D eigenvalue weighted by molar-refractivity contribution is 9.10. The Morgan fingerprint density at radius 1 is 1.26 bits per heavy atom. The van der Waals surface area contributed by atoms with Gasteiger partial charge in [0, 0.05) is 16.6 Å². The first-order valence-electron chi connectivity index (χ1n) is 5.45. The monoisotopic (exact) mass is 322 g/mol. The molecular formula is C13H11BrN2O3. The van der Waals surface area contributed by atoms with Crippen LogP contribution in [0.25, 0.3) is 0 Å². The summed E-state index contributed by atoms with van der Waals surface area (Å²) in [5, 5.41) is 10.7. The van der Waals surface area contributed by atoms with Crippen LogP contribution in [0.2, 0.25) is 0 Å². The van der Waals surface area contributed by atoms with E-state index in [4.69, 9.17) is 10.5 Å². The third kappa shape index (κ3) is 3.03. The number of rotatable bonds is 3. The average molecular weight is 323 g/mol. The Kier molecular flexibility index (Phi) is 3.71. The summed E-state index contributed by atoms with van der Waals surface area (Å²) in [4.78, 5) is 10.1. The number of nitro benzene ring substituents is 1. The van der Waals surface area contributed by atoms with Crippen LogP contribution in [0.4, 0.5) is 11.4 Å². The molecule has 0 spiro atoms. The normalized spacial score (nSPS) is 10.2. The number of nitrogens with two attached hydrogens (primary N) is 1. The Hall–Kier alpha value is -2.08. The van der Waals surface area contributed by atoms with Gasteiger partial charge in [0.2, 0.25) is 0 Å². The SMILES string of the molecule is Cc1cc(Br)ccc1Oc1ccc([N+](=O)[O-])c(N)c1. The van der Waals surface area contributed by atoms with E-state index in [0.717, 1.165) is 10.0 Å². The smallest absolute Gasteiger partial charge is 0.292 e. The summed E-state index contributed by atoms with van der Waals surface area (Å²) in [7, 11) is 0. The second kappa shape index (κ2) is 5.27. The van der Waals surface area contributed by atoms with E-state index in [9.17, 15) is 10.1 Å². The van der Waals surface area contributed by atoms with Crippen molar-refractivity contribution in [1.29, 1.82) is 0 Å². The minimum Gasteiger partial charge on any atom is -0.457 e. The maximum atomic E-state index is 10.7. The second-order valence-electron chi connectivity index (χ2n) is 3.99. The Bertz CT molecular complexity index is 644. The van der Waals surface area contributed by atoms with Crippen LogP contribution in [-0.2, 0) is 0 Å². The number of hydrogen-bond acceptors (Lipinski definition) is 4. The number of nitrogen functional groups attached to an aromatic ring is 1. The summed E-state index contributed by atoms with van der Waals surface area (Å²) < 4.78 is 6.62. The Labute approximate surface area is 118 Å². The van der Waals surface area contributed by atoms with Crippen molar-refractivity contribution in [2.24, 2.45) is 0 Å². The third-order valence-electron chi connectivity index (χ3n) is 2.56. The number of nitro groups is 1. The lowest BCUT2D eigenvalue weighted by atomic mass is 10.2. The van der Waals surface area contributed by atoms with E-state index in [1.807, 2.05) is 25.1 Å². The van der Waals surface area contributed by atoms with E-state index in [1.54, 1.807) is 0 Å². The van der Waals surface area contributed by atoms with Crippen molar-refractivity contribution in [2.45, 2.75) is 6.92 Å². The molecule has 98 valence electrons. The molecule has 5 nitrogen and oxygen atoms in total. The number of benzene rings is 2. The molecule has 2 aromatic carbocycles. The van der Waals surface area contributed by atoms with Gasteiger partial charge in [-0.05, 0) is 36.8 Å². The molecule has 19 heavy (non-hydrogen) atoms. The van der Waals surface area contributed by atoms with Crippen molar-refractivity contribution in [1.82, 2.24) is 0 Å². The highest BCUT2D eigenvalue weighted by Gasteiger charge is 2.12. The number of hydrogen-bond donors (Lipinski definition) is 1. The van der Waals surface area contributed by atoms with Gasteiger partial charge in [0.15, 0.2) is 0 Å². The van der Waals surface area contributed by atoms with E-state index < -0.39 is 4.92 Å². The Morgan fingerprint density at radius 3 is 2.58 bits per heavy atom. The number of anilines is 1. The van der Waals surface area contributed by atoms with Gasteiger partial charge in [-0.25, -0.2) is 0 Å². The van der Waals surface area contributed by atoms with Crippen molar-refractivity contribution in [3.63, 3.8) is 0 Å². The molecule has 0 amide bonds. The molecule has 2 aromatic rings. The van der Waals surface area contributed by atoms with Crippen molar-refractivity contribution >= 4 is 27.3 Å². The first-order valence-corrected chi connectivity index (χ1v) is 6.24. The fraction of sp³-hybridized carbons (Fsp3) is 0.0769. The van der Waals surface area contributed by atoms with Gasteiger partial charge >= 0.3 is 0 Å². The predicted octanol–water partition coefficient (Wildman–Crippen LogP) is 4.04. The van der Waals surface area contributed by atoms with E-state index in [0.29, 0.717) is 11.5 Å². The molecule has 2 N–H and O–H groups in total. The van der Waals surface area contributed by atoms with Gasteiger partial charge in [-0.15, -0.1) is 0 Å². The maximum absolute atomic E-state index is 10.7. The van der Waals surface area contributed by atoms with Crippen LogP contribution in [0, 0.1) is 17.0 Å². The van der Waals surface area contributed by atoms with Crippen LogP contribution in [0.1, 0.15) is 5.56 Å². The highest BCUT2D eigenvalue weighted by atomic mass is 79.9. The average Bonchev–Trinajstić information content (AvgIpc) is 2.32. The topological polar surface area (TPSA) is 78.4 Å². The Balaban J connectivity index is 2.29. The molecule has 0 aromatic heterocycles. The zero-order chi connectivity index (χ0) is 14.0. The summed E-state index contributed by atoms with van der Waals surface area (Å²) in [5.74, 6) is 1.14. The lowest BCUT2D eigenvalue weighted by Crippen LogP contribution is -1.96. The molecule has 0 atom stereocenters. The van der Waals surface area contributed by atoms with E-state index >= 15 is 0 Å². The molecule has 2 rings (SSSR count). The summed E-state index contributed by atoms with van der Waals surface area (Å²) >= 11 is 3.37. The van der Waals surface area contributed by atoms with Gasteiger partial charge in [-0.1, -0.05) is 15.9 Å². The standard InChI is InChI=1S/C13H11BrN2O3/c1-8-6-9(14)2-5-13(8)19-10-3-4-12(16(17)18)11(15)7-10/h2-7H,15H2,1H3.